The molecule has 3 aliphatic rings. The molecule has 3 fully saturated rings. The molecule has 0 radical (unpaired) electrons. The van der Waals surface area contributed by atoms with Crippen LogP contribution in [0.5, 0.6) is 0 Å². The summed E-state index contributed by atoms with van der Waals surface area (Å²) in [5, 5.41) is 8.04. The predicted octanol–water partition coefficient (Wildman–Crippen LogP) is -0.433. The highest BCUT2D eigenvalue weighted by molar-refractivity contribution is 8.07. The van der Waals surface area contributed by atoms with Crippen molar-refractivity contribution in [3.05, 3.63) is 28.9 Å². The van der Waals surface area contributed by atoms with Gasteiger partial charge in [-0.05, 0) is 17.9 Å². The SMILES string of the molecule is Nc1nc2c(nnn2[C@@H]2O[C@@H]3COP(=O)(O)O[C@@H]4[C@@H](COP(O)(=S)O[C@@H]2C3)OC[C@@]4(F)n2ccc3c(N)ncnc32)c(=O)[nH]1. The van der Waals surface area contributed by atoms with Crippen LogP contribution >= 0.6 is 14.5 Å². The Hall–Kier alpha value is -3.01. The molecule has 44 heavy (non-hydrogen) atoms. The Morgan fingerprint density at radius 3 is 2.80 bits per heavy atom. The number of hydrogen-bond donors (Lipinski definition) is 5. The Morgan fingerprint density at radius 1 is 1.16 bits per heavy atom. The third-order valence-corrected chi connectivity index (χ3v) is 9.82. The van der Waals surface area contributed by atoms with E-state index in [4.69, 9.17) is 50.8 Å². The molecule has 7 heterocycles. The molecule has 236 valence electrons. The number of phosphoric ester groups is 1. The molecule has 0 saturated carbocycles. The molecule has 7 N–H and O–H groups in total. The maximum atomic E-state index is 16.8. The number of alkyl halides is 1. The van der Waals surface area contributed by atoms with Crippen LogP contribution in [0, 0.1) is 0 Å². The summed E-state index contributed by atoms with van der Waals surface area (Å²) in [5.41, 5.74) is 10.7. The normalized spacial score (nSPS) is 36.6. The van der Waals surface area contributed by atoms with Gasteiger partial charge in [0.1, 0.15) is 36.6 Å². The Bertz CT molecular complexity index is 1930. The number of nitrogens with zero attached hydrogens (tertiary/aromatic N) is 7. The van der Waals surface area contributed by atoms with Crippen LogP contribution < -0.4 is 17.0 Å². The molecule has 7 rings (SSSR count). The summed E-state index contributed by atoms with van der Waals surface area (Å²) in [6, 6.07) is 1.47. The van der Waals surface area contributed by atoms with Gasteiger partial charge in [-0.25, -0.2) is 18.9 Å². The molecule has 0 aliphatic carbocycles. The van der Waals surface area contributed by atoms with Crippen LogP contribution in [-0.2, 0) is 49.7 Å². The van der Waals surface area contributed by atoms with E-state index in [9.17, 15) is 19.1 Å². The molecule has 24 heteroatoms. The fourth-order valence-electron chi connectivity index (χ4n) is 5.32. The number of anilines is 2. The lowest BCUT2D eigenvalue weighted by atomic mass is 10.1. The molecule has 0 aromatic carbocycles. The molecular weight excluding hydrogens is 653 g/mol. The van der Waals surface area contributed by atoms with Crippen molar-refractivity contribution in [1.29, 1.82) is 0 Å². The van der Waals surface area contributed by atoms with Crippen molar-refractivity contribution in [1.82, 2.24) is 39.5 Å². The topological polar surface area (TPSA) is 272 Å². The molecule has 20 nitrogen and oxygen atoms in total. The first-order chi connectivity index (χ1) is 20.8. The molecule has 0 spiro atoms. The summed E-state index contributed by atoms with van der Waals surface area (Å²) in [4.78, 5) is 48.3. The van der Waals surface area contributed by atoms with Crippen LogP contribution in [0.25, 0.3) is 22.2 Å². The molecule has 2 unspecified atom stereocenters. The van der Waals surface area contributed by atoms with Gasteiger partial charge >= 0.3 is 14.5 Å². The number of nitrogen functional groups attached to an aromatic ring is 2. The van der Waals surface area contributed by atoms with E-state index in [1.807, 2.05) is 0 Å². The van der Waals surface area contributed by atoms with Crippen molar-refractivity contribution in [2.24, 2.45) is 0 Å². The molecule has 0 amide bonds. The lowest BCUT2D eigenvalue weighted by molar-refractivity contribution is -0.0711. The van der Waals surface area contributed by atoms with Gasteiger partial charge in [0.2, 0.25) is 11.7 Å². The van der Waals surface area contributed by atoms with E-state index >= 15 is 4.39 Å². The predicted molar refractivity (Wildman–Crippen MR) is 148 cm³/mol. The molecule has 4 aromatic heterocycles. The van der Waals surface area contributed by atoms with E-state index in [-0.39, 0.29) is 35.0 Å². The number of ether oxygens (including phenoxy) is 2. The number of nitrogens with one attached hydrogen (secondary N) is 1. The van der Waals surface area contributed by atoms with Gasteiger partial charge in [0.05, 0.1) is 24.7 Å². The smallest absolute Gasteiger partial charge is 0.383 e. The van der Waals surface area contributed by atoms with Crippen molar-refractivity contribution < 1.29 is 46.3 Å². The van der Waals surface area contributed by atoms with E-state index in [0.29, 0.717) is 5.39 Å². The summed E-state index contributed by atoms with van der Waals surface area (Å²) in [6.45, 7) is -6.01. The zero-order valence-corrected chi connectivity index (χ0v) is 24.7. The number of nitrogens with two attached hydrogens (primary N) is 2. The Morgan fingerprint density at radius 2 is 1.98 bits per heavy atom. The fourth-order valence-corrected chi connectivity index (χ4v) is 7.77. The number of phosphoric acid groups is 1. The minimum atomic E-state index is -5.03. The van der Waals surface area contributed by atoms with Gasteiger partial charge in [0.15, 0.2) is 23.5 Å². The quantitative estimate of drug-likeness (QED) is 0.168. The van der Waals surface area contributed by atoms with Gasteiger partial charge in [-0.1, -0.05) is 5.21 Å². The lowest BCUT2D eigenvalue weighted by Gasteiger charge is -2.31. The molecule has 3 saturated heterocycles. The summed E-state index contributed by atoms with van der Waals surface area (Å²) in [7, 11) is -5.03. The van der Waals surface area contributed by atoms with Crippen LogP contribution in [0.15, 0.2) is 23.4 Å². The Kier molecular flexibility index (Phi) is 7.10. The van der Waals surface area contributed by atoms with Gasteiger partial charge in [0.25, 0.3) is 5.56 Å². The lowest BCUT2D eigenvalue weighted by Crippen LogP contribution is -2.45. The zero-order valence-electron chi connectivity index (χ0n) is 22.1. The molecule has 4 aromatic rings. The first-order valence-corrected chi connectivity index (χ1v) is 16.9. The monoisotopic (exact) mass is 676 g/mol. The van der Waals surface area contributed by atoms with Crippen molar-refractivity contribution >= 4 is 60.3 Å². The maximum Gasteiger partial charge on any atom is 0.472 e. The van der Waals surface area contributed by atoms with Crippen LogP contribution in [0.4, 0.5) is 16.2 Å². The average molecular weight is 676 g/mol. The maximum absolute atomic E-state index is 16.8. The van der Waals surface area contributed by atoms with Crippen molar-refractivity contribution in [3.8, 4) is 0 Å². The second-order valence-electron chi connectivity index (χ2n) is 10.1. The Balaban J connectivity index is 1.21. The van der Waals surface area contributed by atoms with Gasteiger partial charge in [-0.2, -0.15) is 9.67 Å². The van der Waals surface area contributed by atoms with Crippen LogP contribution in [0.1, 0.15) is 12.6 Å². The van der Waals surface area contributed by atoms with E-state index in [0.717, 1.165) is 15.6 Å². The largest absolute Gasteiger partial charge is 0.472 e. The Labute approximate surface area is 249 Å². The van der Waals surface area contributed by atoms with E-state index in [1.54, 1.807) is 0 Å². The van der Waals surface area contributed by atoms with E-state index < -0.39 is 76.4 Å². The summed E-state index contributed by atoms with van der Waals surface area (Å²) >= 11 is 5.23. The van der Waals surface area contributed by atoms with E-state index in [1.165, 1.54) is 12.3 Å². The first-order valence-electron chi connectivity index (χ1n) is 12.8. The first kappa shape index (κ1) is 29.7. The second-order valence-corrected chi connectivity index (χ2v) is 14.3. The average Bonchev–Trinajstić information content (AvgIpc) is 3.72. The van der Waals surface area contributed by atoms with Crippen molar-refractivity contribution in [2.75, 3.05) is 31.3 Å². The van der Waals surface area contributed by atoms with Gasteiger partial charge in [-0.15, -0.1) is 5.10 Å². The van der Waals surface area contributed by atoms with Gasteiger partial charge in [-0.3, -0.25) is 23.4 Å². The number of aromatic nitrogens is 8. The molecule has 2 bridgehead atoms. The third-order valence-electron chi connectivity index (χ3n) is 7.27. The zero-order chi connectivity index (χ0) is 31.0. The molecular formula is C20H23FN10O10P2S. The molecule has 3 aliphatic heterocycles. The molecule has 8 atom stereocenters. The standard InChI is InChI=1S/C20H23FN10O10P2S/c21-20(30-2-1-9-14(22)24-7-25-15(9)30)6-36-11-5-38-43(35,44)40-10-3-8(4-37-42(33,34)41-13(11)20)39-18(10)31-16-12(28-29-31)17(32)27-19(23)26-16/h1-2,7-8,10-11,13,18H,3-6H2,(H,33,34)(H,35,44)(H2,22,24,25)(H3,23,26,27,32)/t8-,10+,11+,13+,18+,20+,43?/m0/s1. The number of H-pyrrole nitrogens is 1. The number of hydrogen-bond acceptors (Lipinski definition) is 16. The van der Waals surface area contributed by atoms with Crippen LogP contribution in [0.2, 0.25) is 0 Å². The van der Waals surface area contributed by atoms with Gasteiger partial charge < -0.3 is 39.8 Å². The highest BCUT2D eigenvalue weighted by Gasteiger charge is 2.57. The van der Waals surface area contributed by atoms with Crippen molar-refractivity contribution in [2.45, 2.75) is 42.9 Å². The van der Waals surface area contributed by atoms with E-state index in [2.05, 4.69) is 30.2 Å². The highest BCUT2D eigenvalue weighted by atomic mass is 32.5. The number of fused-ring (bicyclic) bond motifs is 5. The summed E-state index contributed by atoms with van der Waals surface area (Å²) < 4.78 is 65.6. The summed E-state index contributed by atoms with van der Waals surface area (Å²) in [5.74, 6) is -2.77. The number of halogens is 1. The summed E-state index contributed by atoms with van der Waals surface area (Å²) in [6.07, 6.45) is -4.15. The van der Waals surface area contributed by atoms with Crippen molar-refractivity contribution in [3.63, 3.8) is 0 Å². The second kappa shape index (κ2) is 10.5. The number of aromatic amines is 1. The van der Waals surface area contributed by atoms with Crippen LogP contribution in [-0.4, -0.2) is 93.5 Å². The minimum Gasteiger partial charge on any atom is -0.383 e. The van der Waals surface area contributed by atoms with Gasteiger partial charge in [0, 0.05) is 12.6 Å². The fraction of sp³-hybridized carbons (Fsp3) is 0.500. The highest BCUT2D eigenvalue weighted by Crippen LogP contribution is 2.54. The number of rotatable bonds is 2. The van der Waals surface area contributed by atoms with Crippen LogP contribution in [0.3, 0.4) is 0 Å². The minimum absolute atomic E-state index is 0.0663. The third kappa shape index (κ3) is 5.11.